The van der Waals surface area contributed by atoms with Crippen LogP contribution in [0, 0.1) is 0 Å². The van der Waals surface area contributed by atoms with Crippen molar-refractivity contribution in [1.29, 1.82) is 0 Å². The summed E-state index contributed by atoms with van der Waals surface area (Å²) >= 11 is 0. The third-order valence-corrected chi connectivity index (χ3v) is 4.41. The molecule has 1 aliphatic rings. The lowest BCUT2D eigenvalue weighted by molar-refractivity contribution is -0.142. The van der Waals surface area contributed by atoms with Crippen LogP contribution in [0.15, 0.2) is 67.3 Å². The van der Waals surface area contributed by atoms with Crippen molar-refractivity contribution >= 4 is 23.6 Å². The molecule has 1 heterocycles. The molecule has 5 nitrogen and oxygen atoms in total. The second-order valence-corrected chi connectivity index (χ2v) is 6.39. The number of carbonyl (C=O) groups is 2. The fourth-order valence-corrected chi connectivity index (χ4v) is 3.05. The molecule has 1 amide bonds. The second-order valence-electron chi connectivity index (χ2n) is 6.39. The highest BCUT2D eigenvalue weighted by atomic mass is 16.5. The van der Waals surface area contributed by atoms with Gasteiger partial charge in [0.25, 0.3) is 5.91 Å². The molecule has 0 aliphatic carbocycles. The smallest absolute Gasteiger partial charge is 0.331 e. The molecule has 3 rings (SSSR count). The molecule has 0 bridgehead atoms. The molecule has 0 aromatic heterocycles. The Morgan fingerprint density at radius 1 is 1.11 bits per heavy atom. The third kappa shape index (κ3) is 5.10. The van der Waals surface area contributed by atoms with E-state index in [-0.39, 0.29) is 12.5 Å². The van der Waals surface area contributed by atoms with Crippen LogP contribution in [0.4, 0.5) is 5.69 Å². The zero-order chi connectivity index (χ0) is 19.8. The van der Waals surface area contributed by atoms with E-state index in [9.17, 15) is 9.59 Å². The predicted molar refractivity (Wildman–Crippen MR) is 109 cm³/mol. The maximum Gasteiger partial charge on any atom is 0.331 e. The van der Waals surface area contributed by atoms with E-state index in [1.807, 2.05) is 48.5 Å². The van der Waals surface area contributed by atoms with Gasteiger partial charge in [0.15, 0.2) is 6.61 Å². The van der Waals surface area contributed by atoms with E-state index >= 15 is 0 Å². The number of para-hydroxylation sites is 1. The Morgan fingerprint density at radius 3 is 2.68 bits per heavy atom. The Hall–Kier alpha value is -3.34. The Balaban J connectivity index is 1.51. The number of nitrogens with zero attached hydrogens (tertiary/aromatic N) is 1. The van der Waals surface area contributed by atoms with Gasteiger partial charge >= 0.3 is 5.97 Å². The van der Waals surface area contributed by atoms with E-state index in [0.29, 0.717) is 13.2 Å². The number of rotatable bonds is 7. The van der Waals surface area contributed by atoms with Gasteiger partial charge in [-0.2, -0.15) is 0 Å². The first-order valence-electron chi connectivity index (χ1n) is 9.24. The number of hydrogen-bond donors (Lipinski definition) is 0. The average molecular weight is 377 g/mol. The molecule has 1 aliphatic heterocycles. The lowest BCUT2D eigenvalue weighted by Gasteiger charge is -2.29. The van der Waals surface area contributed by atoms with Crippen LogP contribution in [0.2, 0.25) is 0 Å². The van der Waals surface area contributed by atoms with Gasteiger partial charge in [-0.3, -0.25) is 4.79 Å². The number of benzene rings is 2. The van der Waals surface area contributed by atoms with Crippen molar-refractivity contribution in [2.45, 2.75) is 12.8 Å². The van der Waals surface area contributed by atoms with Gasteiger partial charge in [-0.1, -0.05) is 43.0 Å². The number of aryl methyl sites for hydroxylation is 1. The van der Waals surface area contributed by atoms with Gasteiger partial charge < -0.3 is 14.4 Å². The summed E-state index contributed by atoms with van der Waals surface area (Å²) in [5, 5.41) is 0. The molecule has 2 aromatic carbocycles. The molecule has 28 heavy (non-hydrogen) atoms. The van der Waals surface area contributed by atoms with Crippen LogP contribution in [0.5, 0.6) is 5.75 Å². The summed E-state index contributed by atoms with van der Waals surface area (Å²) in [5.41, 5.74) is 2.89. The first kappa shape index (κ1) is 19.4. The number of carbonyl (C=O) groups excluding carboxylic acids is 2. The maximum absolute atomic E-state index is 12.5. The predicted octanol–water partition coefficient (Wildman–Crippen LogP) is 3.79. The molecule has 0 unspecified atom stereocenters. The average Bonchev–Trinajstić information content (AvgIpc) is 2.74. The monoisotopic (exact) mass is 377 g/mol. The van der Waals surface area contributed by atoms with Crippen LogP contribution in [0.25, 0.3) is 6.08 Å². The molecule has 0 spiro atoms. The van der Waals surface area contributed by atoms with Crippen LogP contribution < -0.4 is 9.64 Å². The highest BCUT2D eigenvalue weighted by molar-refractivity contribution is 5.97. The summed E-state index contributed by atoms with van der Waals surface area (Å²) in [5.74, 6) is -0.0321. The molecule has 0 fully saturated rings. The van der Waals surface area contributed by atoms with Crippen LogP contribution >= 0.6 is 0 Å². The second kappa shape index (κ2) is 9.55. The molecular weight excluding hydrogens is 354 g/mol. The summed E-state index contributed by atoms with van der Waals surface area (Å²) in [6.45, 7) is 4.41. The van der Waals surface area contributed by atoms with E-state index in [4.69, 9.17) is 9.47 Å². The SMILES string of the molecule is C=CCOc1ccc(/C=C/C(=O)OCC(=O)N2CCCc3ccccc32)cc1. The summed E-state index contributed by atoms with van der Waals surface area (Å²) in [6, 6.07) is 15.1. The van der Waals surface area contributed by atoms with Crippen LogP contribution in [0.1, 0.15) is 17.5 Å². The number of amides is 1. The van der Waals surface area contributed by atoms with Gasteiger partial charge in [0.1, 0.15) is 12.4 Å². The van der Waals surface area contributed by atoms with E-state index in [1.54, 1.807) is 17.1 Å². The maximum atomic E-state index is 12.5. The van der Waals surface area contributed by atoms with Crippen molar-refractivity contribution in [1.82, 2.24) is 0 Å². The lowest BCUT2D eigenvalue weighted by atomic mass is 10.0. The van der Waals surface area contributed by atoms with Crippen molar-refractivity contribution in [3.8, 4) is 5.75 Å². The molecule has 0 radical (unpaired) electrons. The van der Waals surface area contributed by atoms with Crippen LogP contribution in [0.3, 0.4) is 0 Å². The Bertz CT molecular complexity index is 870. The number of fused-ring (bicyclic) bond motifs is 1. The van der Waals surface area contributed by atoms with Gasteiger partial charge in [-0.05, 0) is 48.2 Å². The van der Waals surface area contributed by atoms with Crippen molar-refractivity contribution in [2.75, 3.05) is 24.7 Å². The van der Waals surface area contributed by atoms with E-state index in [1.165, 1.54) is 6.08 Å². The first-order valence-corrected chi connectivity index (χ1v) is 9.24. The summed E-state index contributed by atoms with van der Waals surface area (Å²) < 4.78 is 10.5. The molecule has 0 N–H and O–H groups in total. The van der Waals surface area contributed by atoms with E-state index < -0.39 is 5.97 Å². The first-order chi connectivity index (χ1) is 13.7. The van der Waals surface area contributed by atoms with Crippen LogP contribution in [-0.2, 0) is 20.7 Å². The minimum absolute atomic E-state index is 0.211. The largest absolute Gasteiger partial charge is 0.490 e. The lowest BCUT2D eigenvalue weighted by Crippen LogP contribution is -2.38. The van der Waals surface area contributed by atoms with E-state index in [2.05, 4.69) is 6.58 Å². The quantitative estimate of drug-likeness (QED) is 0.419. The zero-order valence-electron chi connectivity index (χ0n) is 15.7. The molecular formula is C23H23NO4. The molecule has 0 saturated carbocycles. The van der Waals surface area contributed by atoms with Crippen molar-refractivity contribution in [2.24, 2.45) is 0 Å². The third-order valence-electron chi connectivity index (χ3n) is 4.41. The topological polar surface area (TPSA) is 55.8 Å². The Kier molecular flexibility index (Phi) is 6.63. The van der Waals surface area contributed by atoms with Crippen LogP contribution in [-0.4, -0.2) is 31.6 Å². The minimum atomic E-state index is -0.550. The summed E-state index contributed by atoms with van der Waals surface area (Å²) in [7, 11) is 0. The zero-order valence-corrected chi connectivity index (χ0v) is 15.7. The number of anilines is 1. The van der Waals surface area contributed by atoms with Gasteiger partial charge in [0.05, 0.1) is 0 Å². The summed E-state index contributed by atoms with van der Waals surface area (Å²) in [4.78, 5) is 26.1. The van der Waals surface area contributed by atoms with E-state index in [0.717, 1.165) is 35.4 Å². The highest BCUT2D eigenvalue weighted by Gasteiger charge is 2.22. The fraction of sp³-hybridized carbons (Fsp3) is 0.217. The number of esters is 1. The Labute approximate surface area is 164 Å². The van der Waals surface area contributed by atoms with Gasteiger partial charge in [0, 0.05) is 18.3 Å². The highest BCUT2D eigenvalue weighted by Crippen LogP contribution is 2.26. The number of hydrogen-bond acceptors (Lipinski definition) is 4. The van der Waals surface area contributed by atoms with Crippen molar-refractivity contribution in [3.63, 3.8) is 0 Å². The number of ether oxygens (including phenoxy) is 2. The fourth-order valence-electron chi connectivity index (χ4n) is 3.05. The standard InChI is InChI=1S/C23H23NO4/c1-2-16-27-20-12-9-18(10-13-20)11-14-23(26)28-17-22(25)24-15-5-7-19-6-3-4-8-21(19)24/h2-4,6,8-14H,1,5,7,15-17H2/b14-11+. The molecule has 0 saturated heterocycles. The van der Waals surface area contributed by atoms with Gasteiger partial charge in [-0.25, -0.2) is 4.79 Å². The van der Waals surface area contributed by atoms with Crippen molar-refractivity contribution in [3.05, 3.63) is 78.4 Å². The normalized spacial score (nSPS) is 13.1. The van der Waals surface area contributed by atoms with Gasteiger partial charge in [0.2, 0.25) is 0 Å². The Morgan fingerprint density at radius 2 is 1.89 bits per heavy atom. The minimum Gasteiger partial charge on any atom is -0.490 e. The molecule has 144 valence electrons. The van der Waals surface area contributed by atoms with Gasteiger partial charge in [-0.15, -0.1) is 0 Å². The molecule has 5 heteroatoms. The molecule has 0 atom stereocenters. The summed E-state index contributed by atoms with van der Waals surface area (Å²) in [6.07, 6.45) is 6.49. The molecule has 2 aromatic rings. The van der Waals surface area contributed by atoms with Crippen molar-refractivity contribution < 1.29 is 19.1 Å².